The van der Waals surface area contributed by atoms with Gasteiger partial charge in [-0.25, -0.2) is 9.67 Å². The van der Waals surface area contributed by atoms with Gasteiger partial charge in [-0.3, -0.25) is 4.98 Å². The van der Waals surface area contributed by atoms with E-state index in [-0.39, 0.29) is 0 Å². The molecular weight excluding hydrogens is 817 g/mol. The van der Waals surface area contributed by atoms with Gasteiger partial charge < -0.3 is 24.0 Å². The fraction of sp³-hybridized carbons (Fsp3) is 0.512. The number of aromatic nitrogens is 6. The Hall–Kier alpha value is -3.19. The van der Waals surface area contributed by atoms with Crippen LogP contribution in [0.3, 0.4) is 0 Å². The van der Waals surface area contributed by atoms with Crippen molar-refractivity contribution in [2.24, 2.45) is 0 Å². The molecule has 0 aliphatic carbocycles. The van der Waals surface area contributed by atoms with E-state index in [0.29, 0.717) is 33.4 Å². The number of anilines is 2. The quantitative estimate of drug-likeness (QED) is 0.0457. The van der Waals surface area contributed by atoms with Gasteiger partial charge in [-0.05, 0) is 58.2 Å². The number of rotatable bonds is 19. The van der Waals surface area contributed by atoms with E-state index in [1.807, 2.05) is 46.0 Å². The van der Waals surface area contributed by atoms with Crippen LogP contribution < -0.4 is 9.80 Å². The van der Waals surface area contributed by atoms with E-state index in [0.717, 1.165) is 93.6 Å². The van der Waals surface area contributed by atoms with Gasteiger partial charge in [-0.2, -0.15) is 14.7 Å². The molecule has 0 saturated carbocycles. The summed E-state index contributed by atoms with van der Waals surface area (Å²) in [4.78, 5) is 14.7. The van der Waals surface area contributed by atoms with Crippen LogP contribution in [0.4, 0.5) is 11.5 Å². The van der Waals surface area contributed by atoms with Crippen LogP contribution in [0.1, 0.15) is 12.1 Å². The lowest BCUT2D eigenvalue weighted by Gasteiger charge is -2.30. The first kappa shape index (κ1) is 42.4. The third kappa shape index (κ3) is 11.5. The van der Waals surface area contributed by atoms with Crippen LogP contribution in [0.2, 0.25) is 77.1 Å². The third-order valence-corrected chi connectivity index (χ3v) is 15.8. The van der Waals surface area contributed by atoms with Crippen molar-refractivity contribution in [1.82, 2.24) is 29.4 Å². The Morgan fingerprint density at radius 3 is 2.11 bits per heavy atom. The highest BCUT2D eigenvalue weighted by molar-refractivity contribution is 9.10. The van der Waals surface area contributed by atoms with Crippen LogP contribution in [0, 0.1) is 0 Å². The monoisotopic (exact) mass is 876 g/mol. The lowest BCUT2D eigenvalue weighted by molar-refractivity contribution is 0.0786. The summed E-state index contributed by atoms with van der Waals surface area (Å²) < 4.78 is 23.5. The molecule has 11 nitrogen and oxygen atoms in total. The average molecular weight is 878 g/mol. The van der Waals surface area contributed by atoms with Crippen molar-refractivity contribution in [1.29, 1.82) is 0 Å². The number of halogens is 1. The lowest BCUT2D eigenvalue weighted by atomic mass is 10.0. The molecule has 0 fully saturated rings. The molecule has 4 aromatic heterocycles. The Kier molecular flexibility index (Phi) is 13.8. The average Bonchev–Trinajstić information content (AvgIpc) is 3.79. The molecule has 1 aliphatic rings. The van der Waals surface area contributed by atoms with Gasteiger partial charge in [0.05, 0.1) is 40.0 Å². The zero-order valence-electron chi connectivity index (χ0n) is 34.9. The standard InChI is InChI=1S/C41H61BrN8O3Si3/c1-54(2,3)21-18-51-29-48(30-52-19-22-55(4,5)6)41-38(42)39(46-40-36(27-45-50(40)41)34-24-33-12-10-11-13-37(33)43-25-34)32-14-16-47(17-15-32)35-26-44-49(28-35)31-53-20-23-56(7,8)9/h10-14,24-28H,15-23,29-31H2,1-9H3. The van der Waals surface area contributed by atoms with E-state index in [9.17, 15) is 0 Å². The van der Waals surface area contributed by atoms with Gasteiger partial charge in [0.15, 0.2) is 11.5 Å². The van der Waals surface area contributed by atoms with Gasteiger partial charge in [0.2, 0.25) is 0 Å². The SMILES string of the molecule is C[Si](C)(C)CCOCN(COCC[Si](C)(C)C)c1c(Br)c(C2=CCN(c3cnn(COCC[Si](C)(C)C)c3)CC2)nc2c(-c3cnc4ccccc4c3)cnn12. The number of fused-ring (bicyclic) bond motifs is 2. The number of para-hydroxylation sites is 1. The van der Waals surface area contributed by atoms with Gasteiger partial charge in [0, 0.05) is 79.8 Å². The molecular formula is C41H61BrN8O3Si3. The topological polar surface area (TPSA) is 95.1 Å². The summed E-state index contributed by atoms with van der Waals surface area (Å²) in [6, 6.07) is 13.7. The predicted octanol–water partition coefficient (Wildman–Crippen LogP) is 9.94. The van der Waals surface area contributed by atoms with E-state index >= 15 is 0 Å². The summed E-state index contributed by atoms with van der Waals surface area (Å²) in [5, 5.41) is 10.7. The van der Waals surface area contributed by atoms with Crippen molar-refractivity contribution in [3.05, 3.63) is 71.4 Å². The van der Waals surface area contributed by atoms with Crippen LogP contribution in [-0.4, -0.2) is 100.0 Å². The highest BCUT2D eigenvalue weighted by Gasteiger charge is 2.27. The van der Waals surface area contributed by atoms with Crippen molar-refractivity contribution in [3.63, 3.8) is 0 Å². The maximum absolute atomic E-state index is 6.42. The van der Waals surface area contributed by atoms with Gasteiger partial charge in [-0.15, -0.1) is 0 Å². The predicted molar refractivity (Wildman–Crippen MR) is 243 cm³/mol. The maximum Gasteiger partial charge on any atom is 0.165 e. The van der Waals surface area contributed by atoms with Crippen molar-refractivity contribution >= 4 is 73.8 Å². The smallest absolute Gasteiger partial charge is 0.165 e. The maximum atomic E-state index is 6.42. The molecule has 15 heteroatoms. The molecule has 0 N–H and O–H groups in total. The second-order valence-electron chi connectivity index (χ2n) is 18.6. The molecule has 302 valence electrons. The molecule has 6 rings (SSSR count). The van der Waals surface area contributed by atoms with Crippen molar-refractivity contribution in [2.45, 2.75) is 90.2 Å². The molecule has 0 radical (unpaired) electrons. The fourth-order valence-corrected chi connectivity index (χ4v) is 9.41. The van der Waals surface area contributed by atoms with E-state index in [2.05, 4.69) is 114 Å². The summed E-state index contributed by atoms with van der Waals surface area (Å²) in [6.07, 6.45) is 11.0. The van der Waals surface area contributed by atoms with Gasteiger partial charge in [-0.1, -0.05) is 83.2 Å². The first-order valence-corrected chi connectivity index (χ1v) is 31.8. The summed E-state index contributed by atoms with van der Waals surface area (Å²) in [6.45, 7) is 26.4. The molecule has 0 saturated heterocycles. The first-order chi connectivity index (χ1) is 26.5. The fourth-order valence-electron chi connectivity index (χ4n) is 6.37. The number of benzene rings is 1. The van der Waals surface area contributed by atoms with E-state index in [1.165, 1.54) is 5.57 Å². The second kappa shape index (κ2) is 18.2. The normalized spacial score (nSPS) is 14.2. The minimum absolute atomic E-state index is 0.375. The van der Waals surface area contributed by atoms with Gasteiger partial charge in [0.25, 0.3) is 0 Å². The summed E-state index contributed by atoms with van der Waals surface area (Å²) in [5.74, 6) is 0.865. The number of pyridine rings is 1. The molecule has 0 atom stereocenters. The molecule has 56 heavy (non-hydrogen) atoms. The zero-order valence-corrected chi connectivity index (χ0v) is 39.5. The number of hydrogen-bond donors (Lipinski definition) is 0. The number of ether oxygens (including phenoxy) is 3. The van der Waals surface area contributed by atoms with Crippen LogP contribution >= 0.6 is 15.9 Å². The van der Waals surface area contributed by atoms with Gasteiger partial charge >= 0.3 is 0 Å². The Balaban J connectivity index is 1.33. The molecule has 0 spiro atoms. The minimum Gasteiger partial charge on any atom is -0.365 e. The zero-order chi connectivity index (χ0) is 40.1. The van der Waals surface area contributed by atoms with Crippen LogP contribution in [0.15, 0.2) is 65.7 Å². The van der Waals surface area contributed by atoms with Crippen LogP contribution in [0.5, 0.6) is 0 Å². The Morgan fingerprint density at radius 2 is 1.46 bits per heavy atom. The second-order valence-corrected chi connectivity index (χ2v) is 36.2. The highest BCUT2D eigenvalue weighted by Crippen LogP contribution is 2.38. The number of nitrogens with zero attached hydrogens (tertiary/aromatic N) is 8. The highest BCUT2D eigenvalue weighted by atomic mass is 79.9. The minimum atomic E-state index is -1.28. The largest absolute Gasteiger partial charge is 0.365 e. The Labute approximate surface area is 344 Å². The van der Waals surface area contributed by atoms with E-state index < -0.39 is 24.2 Å². The molecule has 0 bridgehead atoms. The first-order valence-electron chi connectivity index (χ1n) is 19.9. The van der Waals surface area contributed by atoms with Crippen LogP contribution in [0.25, 0.3) is 33.3 Å². The van der Waals surface area contributed by atoms with Crippen molar-refractivity contribution in [2.75, 3.05) is 56.2 Å². The Bertz CT molecular complexity index is 2100. The van der Waals surface area contributed by atoms with Crippen LogP contribution in [-0.2, 0) is 20.9 Å². The van der Waals surface area contributed by atoms with Crippen molar-refractivity contribution < 1.29 is 14.2 Å². The summed E-state index contributed by atoms with van der Waals surface area (Å²) in [7, 11) is -3.69. The molecule has 1 aromatic carbocycles. The molecule has 0 unspecified atom stereocenters. The molecule has 1 aliphatic heterocycles. The third-order valence-electron chi connectivity index (χ3n) is 9.97. The summed E-state index contributed by atoms with van der Waals surface area (Å²) >= 11 is 4.07. The molecule has 5 aromatic rings. The Morgan fingerprint density at radius 1 is 0.804 bits per heavy atom. The van der Waals surface area contributed by atoms with Gasteiger partial charge in [0.1, 0.15) is 20.2 Å². The van der Waals surface area contributed by atoms with E-state index in [4.69, 9.17) is 29.3 Å². The van der Waals surface area contributed by atoms with E-state index in [1.54, 1.807) is 0 Å². The summed E-state index contributed by atoms with van der Waals surface area (Å²) in [5.41, 5.74) is 6.80. The van der Waals surface area contributed by atoms with Crippen molar-refractivity contribution in [3.8, 4) is 11.1 Å². The molecule has 0 amide bonds. The number of hydrogen-bond acceptors (Lipinski definition) is 9. The molecule has 5 heterocycles. The lowest BCUT2D eigenvalue weighted by Crippen LogP contribution is -2.34.